The highest BCUT2D eigenvalue weighted by Crippen LogP contribution is 2.43. The number of oxazole rings is 1. The van der Waals surface area contributed by atoms with Gasteiger partial charge in [0.05, 0.1) is 12.2 Å². The Morgan fingerprint density at radius 3 is 2.42 bits per heavy atom. The molecule has 0 spiro atoms. The molecule has 0 unspecified atom stereocenters. The second kappa shape index (κ2) is 8.83. The van der Waals surface area contributed by atoms with Gasteiger partial charge in [-0.25, -0.2) is 9.37 Å². The lowest BCUT2D eigenvalue weighted by molar-refractivity contribution is 0.243. The molecule has 1 aromatic carbocycles. The molecule has 1 aliphatic carbocycles. The van der Waals surface area contributed by atoms with Gasteiger partial charge in [0, 0.05) is 19.0 Å². The summed E-state index contributed by atoms with van der Waals surface area (Å²) in [6, 6.07) is 6.86. The minimum absolute atomic E-state index is 0. The normalized spacial score (nSPS) is 15.8. The molecule has 0 amide bonds. The Bertz CT molecular complexity index is 734. The van der Waals surface area contributed by atoms with Crippen LogP contribution >= 0.6 is 24.0 Å². The molecule has 2 aromatic rings. The van der Waals surface area contributed by atoms with E-state index in [1.165, 1.54) is 24.1 Å². The zero-order valence-electron chi connectivity index (χ0n) is 15.4. The molecule has 142 valence electrons. The van der Waals surface area contributed by atoms with Crippen LogP contribution in [-0.4, -0.2) is 24.5 Å². The molecular weight excluding hydrogens is 446 g/mol. The molecule has 1 aliphatic rings. The van der Waals surface area contributed by atoms with E-state index in [4.69, 9.17) is 4.42 Å². The van der Waals surface area contributed by atoms with Gasteiger partial charge in [0.25, 0.3) is 0 Å². The van der Waals surface area contributed by atoms with Gasteiger partial charge in [0.15, 0.2) is 5.96 Å². The van der Waals surface area contributed by atoms with Crippen molar-refractivity contribution in [1.82, 2.24) is 15.6 Å². The first-order chi connectivity index (χ1) is 12.0. The summed E-state index contributed by atoms with van der Waals surface area (Å²) in [6.45, 7) is 5.08. The standard InChI is InChI=1S/C19H25FN4O.HI/c1-13-14(2)25-17(24-13)11-22-18(21-3)23-12-19(9-4-10-19)15-5-7-16(20)8-6-15;/h5-8H,4,9-12H2,1-3H3,(H2,21,22,23);1H. The van der Waals surface area contributed by atoms with Crippen molar-refractivity contribution in [2.45, 2.75) is 45.1 Å². The van der Waals surface area contributed by atoms with Crippen LogP contribution in [0.5, 0.6) is 0 Å². The first-order valence-corrected chi connectivity index (χ1v) is 8.66. The van der Waals surface area contributed by atoms with Gasteiger partial charge >= 0.3 is 0 Å². The highest BCUT2D eigenvalue weighted by atomic mass is 127. The highest BCUT2D eigenvalue weighted by Gasteiger charge is 2.38. The topological polar surface area (TPSA) is 62.5 Å². The third kappa shape index (κ3) is 4.55. The zero-order valence-corrected chi connectivity index (χ0v) is 17.8. The van der Waals surface area contributed by atoms with Crippen molar-refractivity contribution in [3.63, 3.8) is 0 Å². The van der Waals surface area contributed by atoms with Crippen molar-refractivity contribution < 1.29 is 8.81 Å². The van der Waals surface area contributed by atoms with E-state index in [1.54, 1.807) is 7.05 Å². The van der Waals surface area contributed by atoms with Crippen LogP contribution in [0.3, 0.4) is 0 Å². The van der Waals surface area contributed by atoms with Crippen LogP contribution in [0, 0.1) is 19.7 Å². The first kappa shape index (κ1) is 20.7. The van der Waals surface area contributed by atoms with E-state index in [0.717, 1.165) is 30.8 Å². The summed E-state index contributed by atoms with van der Waals surface area (Å²) in [6.07, 6.45) is 3.39. The maximum Gasteiger partial charge on any atom is 0.214 e. The monoisotopic (exact) mass is 472 g/mol. The summed E-state index contributed by atoms with van der Waals surface area (Å²) in [7, 11) is 1.74. The van der Waals surface area contributed by atoms with Crippen molar-refractivity contribution in [1.29, 1.82) is 0 Å². The quantitative estimate of drug-likeness (QED) is 0.395. The highest BCUT2D eigenvalue weighted by molar-refractivity contribution is 14.0. The van der Waals surface area contributed by atoms with E-state index in [0.29, 0.717) is 18.4 Å². The smallest absolute Gasteiger partial charge is 0.214 e. The number of halogens is 2. The van der Waals surface area contributed by atoms with Gasteiger partial charge in [-0.05, 0) is 44.4 Å². The number of aromatic nitrogens is 1. The Kier molecular flexibility index (Phi) is 7.02. The summed E-state index contributed by atoms with van der Waals surface area (Å²) in [5, 5.41) is 6.62. The molecule has 3 rings (SSSR count). The average molecular weight is 472 g/mol. The Hall–Kier alpha value is -1.64. The lowest BCUT2D eigenvalue weighted by Gasteiger charge is -2.43. The molecule has 0 bridgehead atoms. The summed E-state index contributed by atoms with van der Waals surface area (Å²) < 4.78 is 18.8. The van der Waals surface area contributed by atoms with E-state index in [-0.39, 0.29) is 35.2 Å². The van der Waals surface area contributed by atoms with Crippen molar-refractivity contribution in [2.24, 2.45) is 4.99 Å². The van der Waals surface area contributed by atoms with E-state index in [1.807, 2.05) is 26.0 Å². The van der Waals surface area contributed by atoms with Crippen molar-refractivity contribution in [3.05, 3.63) is 53.0 Å². The third-order valence-corrected chi connectivity index (χ3v) is 5.06. The molecule has 0 radical (unpaired) electrons. The molecule has 0 saturated heterocycles. The fourth-order valence-electron chi connectivity index (χ4n) is 3.22. The van der Waals surface area contributed by atoms with Crippen molar-refractivity contribution in [2.75, 3.05) is 13.6 Å². The van der Waals surface area contributed by atoms with Crippen LogP contribution in [0.25, 0.3) is 0 Å². The van der Waals surface area contributed by atoms with Gasteiger partial charge in [0.2, 0.25) is 5.89 Å². The van der Waals surface area contributed by atoms with Crippen molar-refractivity contribution in [3.8, 4) is 0 Å². The number of benzene rings is 1. The van der Waals surface area contributed by atoms with Gasteiger partial charge in [-0.2, -0.15) is 0 Å². The molecule has 1 heterocycles. The first-order valence-electron chi connectivity index (χ1n) is 8.66. The molecule has 26 heavy (non-hydrogen) atoms. The molecule has 0 aliphatic heterocycles. The summed E-state index contributed by atoms with van der Waals surface area (Å²) in [4.78, 5) is 8.63. The number of hydrogen-bond donors (Lipinski definition) is 2. The molecule has 0 atom stereocenters. The average Bonchev–Trinajstić information content (AvgIpc) is 2.89. The molecule has 7 heteroatoms. The van der Waals surface area contributed by atoms with E-state index in [9.17, 15) is 4.39 Å². The number of nitrogens with zero attached hydrogens (tertiary/aromatic N) is 2. The van der Waals surface area contributed by atoms with Crippen LogP contribution in [0.2, 0.25) is 0 Å². The van der Waals surface area contributed by atoms with Gasteiger partial charge < -0.3 is 15.1 Å². The van der Waals surface area contributed by atoms with Crippen LogP contribution < -0.4 is 10.6 Å². The maximum atomic E-state index is 13.2. The Balaban J connectivity index is 0.00000243. The number of rotatable bonds is 5. The second-order valence-electron chi connectivity index (χ2n) is 6.67. The number of aliphatic imine (C=N–C) groups is 1. The van der Waals surface area contributed by atoms with E-state index in [2.05, 4.69) is 20.6 Å². The number of nitrogens with one attached hydrogen (secondary N) is 2. The third-order valence-electron chi connectivity index (χ3n) is 5.06. The zero-order chi connectivity index (χ0) is 17.9. The summed E-state index contributed by atoms with van der Waals surface area (Å²) in [5.74, 6) is 2.00. The molecular formula is C19H26FIN4O. The summed E-state index contributed by atoms with van der Waals surface area (Å²) >= 11 is 0. The van der Waals surface area contributed by atoms with Crippen LogP contribution in [-0.2, 0) is 12.0 Å². The van der Waals surface area contributed by atoms with Crippen LogP contribution in [0.1, 0.15) is 42.2 Å². The van der Waals surface area contributed by atoms with Gasteiger partial charge in [-0.1, -0.05) is 18.6 Å². The molecule has 5 nitrogen and oxygen atoms in total. The van der Waals surface area contributed by atoms with Crippen LogP contribution in [0.4, 0.5) is 4.39 Å². The van der Waals surface area contributed by atoms with Gasteiger partial charge in [0.1, 0.15) is 11.6 Å². The SMILES string of the molecule is CN=C(NCc1nc(C)c(C)o1)NCC1(c2ccc(F)cc2)CCC1.I. The predicted octanol–water partition coefficient (Wildman–Crippen LogP) is 3.84. The number of aryl methyl sites for hydroxylation is 2. The maximum absolute atomic E-state index is 13.2. The molecule has 1 saturated carbocycles. The molecule has 1 aromatic heterocycles. The molecule has 1 fully saturated rings. The predicted molar refractivity (Wildman–Crippen MR) is 112 cm³/mol. The fourth-order valence-corrected chi connectivity index (χ4v) is 3.22. The summed E-state index contributed by atoms with van der Waals surface area (Å²) in [5.41, 5.74) is 2.15. The van der Waals surface area contributed by atoms with Gasteiger partial charge in [-0.3, -0.25) is 4.99 Å². The minimum Gasteiger partial charge on any atom is -0.444 e. The Morgan fingerprint density at radius 2 is 1.92 bits per heavy atom. The lowest BCUT2D eigenvalue weighted by atomic mass is 9.64. The van der Waals surface area contributed by atoms with E-state index >= 15 is 0 Å². The van der Waals surface area contributed by atoms with E-state index < -0.39 is 0 Å². The minimum atomic E-state index is -0.194. The number of hydrogen-bond acceptors (Lipinski definition) is 3. The van der Waals surface area contributed by atoms with Gasteiger partial charge in [-0.15, -0.1) is 24.0 Å². The lowest BCUT2D eigenvalue weighted by Crippen LogP contribution is -2.48. The second-order valence-corrected chi connectivity index (χ2v) is 6.67. The molecule has 2 N–H and O–H groups in total. The largest absolute Gasteiger partial charge is 0.444 e. The Labute approximate surface area is 170 Å². The number of guanidine groups is 1. The Morgan fingerprint density at radius 1 is 1.23 bits per heavy atom. The van der Waals surface area contributed by atoms with Crippen molar-refractivity contribution >= 4 is 29.9 Å². The fraction of sp³-hybridized carbons (Fsp3) is 0.474. The van der Waals surface area contributed by atoms with Crippen LogP contribution in [0.15, 0.2) is 33.7 Å².